The summed E-state index contributed by atoms with van der Waals surface area (Å²) in [6.45, 7) is 0.0577. The van der Waals surface area contributed by atoms with Gasteiger partial charge in [0.25, 0.3) is 5.91 Å². The third kappa shape index (κ3) is 3.68. The number of carbonyl (C=O) groups is 2. The molecule has 8 heteroatoms. The summed E-state index contributed by atoms with van der Waals surface area (Å²) in [6.07, 6.45) is -4.73. The highest BCUT2D eigenvalue weighted by Crippen LogP contribution is 2.32. The van der Waals surface area contributed by atoms with E-state index in [9.17, 15) is 27.2 Å². The van der Waals surface area contributed by atoms with Crippen LogP contribution in [0.1, 0.15) is 22.3 Å². The molecule has 0 radical (unpaired) electrons. The van der Waals surface area contributed by atoms with Gasteiger partial charge < -0.3 is 10.2 Å². The number of nitrogens with one attached hydrogen (secondary N) is 1. The van der Waals surface area contributed by atoms with Crippen molar-refractivity contribution in [2.45, 2.75) is 18.6 Å². The van der Waals surface area contributed by atoms with Gasteiger partial charge in [-0.25, -0.2) is 4.39 Å². The van der Waals surface area contributed by atoms with E-state index in [1.54, 1.807) is 6.07 Å². The van der Waals surface area contributed by atoms with Crippen LogP contribution in [0.25, 0.3) is 0 Å². The lowest BCUT2D eigenvalue weighted by Gasteiger charge is -2.18. The maximum atomic E-state index is 13.3. The van der Waals surface area contributed by atoms with E-state index in [1.165, 1.54) is 35.2 Å². The number of anilines is 1. The van der Waals surface area contributed by atoms with Crippen molar-refractivity contribution in [1.82, 2.24) is 5.32 Å². The molecule has 0 bridgehead atoms. The van der Waals surface area contributed by atoms with Crippen molar-refractivity contribution in [3.8, 4) is 0 Å². The third-order valence-electron chi connectivity index (χ3n) is 4.06. The van der Waals surface area contributed by atoms with E-state index >= 15 is 0 Å². The zero-order chi connectivity index (χ0) is 18.9. The van der Waals surface area contributed by atoms with Crippen LogP contribution in [0, 0.1) is 5.82 Å². The zero-order valence-corrected chi connectivity index (χ0v) is 13.4. The van der Waals surface area contributed by atoms with E-state index < -0.39 is 35.1 Å². The molecule has 0 aromatic heterocycles. The van der Waals surface area contributed by atoms with Gasteiger partial charge in [0.2, 0.25) is 5.91 Å². The van der Waals surface area contributed by atoms with Gasteiger partial charge in [-0.1, -0.05) is 18.2 Å². The topological polar surface area (TPSA) is 49.4 Å². The molecule has 136 valence electrons. The highest BCUT2D eigenvalue weighted by Gasteiger charge is 2.36. The number of amides is 2. The molecule has 0 spiro atoms. The first-order chi connectivity index (χ1) is 12.3. The van der Waals surface area contributed by atoms with Crippen LogP contribution in [0.5, 0.6) is 0 Å². The Morgan fingerprint density at radius 3 is 2.54 bits per heavy atom. The van der Waals surface area contributed by atoms with Crippen molar-refractivity contribution in [2.24, 2.45) is 0 Å². The number of rotatable bonds is 3. The lowest BCUT2D eigenvalue weighted by molar-refractivity contribution is -0.138. The first kappa shape index (κ1) is 17.9. The Hall–Kier alpha value is -2.90. The van der Waals surface area contributed by atoms with Gasteiger partial charge in [-0.2, -0.15) is 13.2 Å². The zero-order valence-electron chi connectivity index (χ0n) is 13.4. The Labute approximate surface area is 146 Å². The van der Waals surface area contributed by atoms with E-state index in [-0.39, 0.29) is 18.9 Å². The predicted octanol–water partition coefficient (Wildman–Crippen LogP) is 3.38. The number of benzene rings is 2. The first-order valence-electron chi connectivity index (χ1n) is 7.79. The van der Waals surface area contributed by atoms with Crippen LogP contribution in [-0.2, 0) is 11.0 Å². The van der Waals surface area contributed by atoms with E-state index in [1.807, 2.05) is 0 Å². The maximum absolute atomic E-state index is 13.3. The number of alkyl halides is 3. The molecule has 1 aliphatic heterocycles. The van der Waals surface area contributed by atoms with E-state index in [4.69, 9.17) is 0 Å². The van der Waals surface area contributed by atoms with E-state index in [0.29, 0.717) is 5.69 Å². The Morgan fingerprint density at radius 2 is 1.85 bits per heavy atom. The molecular formula is C18H14F4N2O2. The van der Waals surface area contributed by atoms with Crippen LogP contribution in [-0.4, -0.2) is 24.4 Å². The van der Waals surface area contributed by atoms with Crippen LogP contribution in [0.15, 0.2) is 48.5 Å². The van der Waals surface area contributed by atoms with Crippen molar-refractivity contribution >= 4 is 17.5 Å². The van der Waals surface area contributed by atoms with Crippen molar-refractivity contribution in [3.63, 3.8) is 0 Å². The molecule has 1 atom stereocenters. The van der Waals surface area contributed by atoms with Crippen LogP contribution in [0.4, 0.5) is 23.2 Å². The molecule has 0 saturated carbocycles. The molecule has 1 saturated heterocycles. The second-order valence-corrected chi connectivity index (χ2v) is 5.90. The molecule has 1 fully saturated rings. The highest BCUT2D eigenvalue weighted by molar-refractivity contribution is 5.99. The number of carbonyl (C=O) groups excluding carboxylic acids is 2. The molecule has 4 nitrogen and oxygen atoms in total. The molecular weight excluding hydrogens is 352 g/mol. The number of halogens is 4. The van der Waals surface area contributed by atoms with Crippen molar-refractivity contribution in [1.29, 1.82) is 0 Å². The second-order valence-electron chi connectivity index (χ2n) is 5.90. The van der Waals surface area contributed by atoms with Crippen molar-refractivity contribution in [2.75, 3.05) is 11.4 Å². The van der Waals surface area contributed by atoms with Crippen LogP contribution >= 0.6 is 0 Å². The molecule has 26 heavy (non-hydrogen) atoms. The standard InChI is InChI=1S/C18H14F4N2O2/c19-11-4-3-5-13(8-11)24-10-12(9-16(24)25)23-17(26)14-6-1-2-7-15(14)18(20,21)22/h1-8,12H,9-10H2,(H,23,26)/t12-/m1/s1. The molecule has 1 aliphatic rings. The number of hydrogen-bond acceptors (Lipinski definition) is 2. The lowest BCUT2D eigenvalue weighted by Crippen LogP contribution is -2.38. The average Bonchev–Trinajstić information content (AvgIpc) is 2.94. The van der Waals surface area contributed by atoms with Gasteiger partial charge in [-0.05, 0) is 30.3 Å². The van der Waals surface area contributed by atoms with Crippen molar-refractivity contribution in [3.05, 3.63) is 65.5 Å². The minimum atomic E-state index is -4.66. The predicted molar refractivity (Wildman–Crippen MR) is 86.1 cm³/mol. The highest BCUT2D eigenvalue weighted by atomic mass is 19.4. The second kappa shape index (κ2) is 6.78. The summed E-state index contributed by atoms with van der Waals surface area (Å²) in [5.41, 5.74) is -1.21. The summed E-state index contributed by atoms with van der Waals surface area (Å²) in [5.74, 6) is -1.76. The molecule has 2 amide bonds. The van der Waals surface area contributed by atoms with Gasteiger partial charge in [0, 0.05) is 18.7 Å². The van der Waals surface area contributed by atoms with Gasteiger partial charge in [0.05, 0.1) is 17.2 Å². The normalized spacial score (nSPS) is 17.5. The number of hydrogen-bond donors (Lipinski definition) is 1. The van der Waals surface area contributed by atoms with Crippen molar-refractivity contribution < 1.29 is 27.2 Å². The van der Waals surface area contributed by atoms with Crippen LogP contribution in [0.3, 0.4) is 0 Å². The largest absolute Gasteiger partial charge is 0.417 e. The van der Waals surface area contributed by atoms with E-state index in [0.717, 1.165) is 12.1 Å². The Kier molecular flexibility index (Phi) is 4.67. The summed E-state index contributed by atoms with van der Waals surface area (Å²) in [7, 11) is 0. The SMILES string of the molecule is O=C(N[C@@H]1CC(=O)N(c2cccc(F)c2)C1)c1ccccc1C(F)(F)F. The summed E-state index contributed by atoms with van der Waals surface area (Å²) in [6, 6.07) is 9.19. The first-order valence-corrected chi connectivity index (χ1v) is 7.79. The smallest absolute Gasteiger partial charge is 0.347 e. The fourth-order valence-electron chi connectivity index (χ4n) is 2.89. The molecule has 2 aromatic carbocycles. The Balaban J connectivity index is 1.75. The fourth-order valence-corrected chi connectivity index (χ4v) is 2.89. The van der Waals surface area contributed by atoms with Gasteiger partial charge in [-0.3, -0.25) is 9.59 Å². The molecule has 0 unspecified atom stereocenters. The minimum absolute atomic E-state index is 0.0577. The molecule has 3 rings (SSSR count). The molecule has 1 N–H and O–H groups in total. The summed E-state index contributed by atoms with van der Waals surface area (Å²) in [5, 5.41) is 2.46. The number of nitrogens with zero attached hydrogens (tertiary/aromatic N) is 1. The van der Waals surface area contributed by atoms with Crippen LogP contribution < -0.4 is 10.2 Å². The van der Waals surface area contributed by atoms with Gasteiger partial charge in [-0.15, -0.1) is 0 Å². The van der Waals surface area contributed by atoms with Gasteiger partial charge in [0.1, 0.15) is 5.82 Å². The quantitative estimate of drug-likeness (QED) is 0.847. The fraction of sp³-hybridized carbons (Fsp3) is 0.222. The monoisotopic (exact) mass is 366 g/mol. The third-order valence-corrected chi connectivity index (χ3v) is 4.06. The lowest BCUT2D eigenvalue weighted by atomic mass is 10.1. The Morgan fingerprint density at radius 1 is 1.12 bits per heavy atom. The minimum Gasteiger partial charge on any atom is -0.347 e. The van der Waals surface area contributed by atoms with Crippen LogP contribution in [0.2, 0.25) is 0 Å². The maximum Gasteiger partial charge on any atom is 0.417 e. The molecule has 2 aromatic rings. The Bertz CT molecular complexity index is 851. The summed E-state index contributed by atoms with van der Waals surface area (Å²) in [4.78, 5) is 25.7. The average molecular weight is 366 g/mol. The van der Waals surface area contributed by atoms with Gasteiger partial charge in [0.15, 0.2) is 0 Å². The van der Waals surface area contributed by atoms with Gasteiger partial charge >= 0.3 is 6.18 Å². The summed E-state index contributed by atoms with van der Waals surface area (Å²) < 4.78 is 52.4. The summed E-state index contributed by atoms with van der Waals surface area (Å²) >= 11 is 0. The molecule has 1 heterocycles. The van der Waals surface area contributed by atoms with E-state index in [2.05, 4.69) is 5.32 Å². The molecule has 0 aliphatic carbocycles.